The number of hydrogen-bond donors (Lipinski definition) is 0. The molecular formula is C23H32N2O7S. The van der Waals surface area contributed by atoms with Crippen molar-refractivity contribution >= 4 is 33.6 Å². The number of nitrogens with zero attached hydrogens (tertiary/aromatic N) is 2. The van der Waals surface area contributed by atoms with Gasteiger partial charge < -0.3 is 4.74 Å². The van der Waals surface area contributed by atoms with E-state index in [4.69, 9.17) is 4.74 Å². The van der Waals surface area contributed by atoms with Gasteiger partial charge in [-0.25, -0.2) is 13.2 Å². The number of Topliss-reactive ketones (excluding diaryl/α,β-unsaturated/α-hetero) is 1. The van der Waals surface area contributed by atoms with Crippen LogP contribution in [0.1, 0.15) is 77.6 Å². The Morgan fingerprint density at radius 2 is 1.55 bits per heavy atom. The van der Waals surface area contributed by atoms with E-state index < -0.39 is 45.5 Å². The number of likely N-dealkylation sites (N-methyl/N-ethyl adjacent to an activating group) is 1. The van der Waals surface area contributed by atoms with Crippen LogP contribution in [0.4, 0.5) is 0 Å². The molecule has 10 heteroatoms. The summed E-state index contributed by atoms with van der Waals surface area (Å²) in [5.41, 5.74) is -0.0139. The lowest BCUT2D eigenvalue weighted by Gasteiger charge is -2.43. The lowest BCUT2D eigenvalue weighted by molar-refractivity contribution is -0.150. The number of amides is 2. The quantitative estimate of drug-likeness (QED) is 0.423. The highest BCUT2D eigenvalue weighted by atomic mass is 32.2. The Labute approximate surface area is 194 Å². The molecule has 182 valence electrons. The summed E-state index contributed by atoms with van der Waals surface area (Å²) in [5.74, 6) is -2.71. The Morgan fingerprint density at radius 1 is 0.939 bits per heavy atom. The van der Waals surface area contributed by atoms with Crippen molar-refractivity contribution in [1.82, 2.24) is 9.21 Å². The summed E-state index contributed by atoms with van der Waals surface area (Å²) < 4.78 is 33.8. The van der Waals surface area contributed by atoms with Gasteiger partial charge in [-0.3, -0.25) is 23.6 Å². The van der Waals surface area contributed by atoms with E-state index in [1.807, 2.05) is 0 Å². The number of hydrogen-bond acceptors (Lipinski definition) is 7. The molecule has 0 bridgehead atoms. The Balaban J connectivity index is 1.72. The van der Waals surface area contributed by atoms with Gasteiger partial charge in [0.15, 0.2) is 5.78 Å². The highest BCUT2D eigenvalue weighted by Crippen LogP contribution is 2.44. The predicted octanol–water partition coefficient (Wildman–Crippen LogP) is 2.26. The Morgan fingerprint density at radius 3 is 2.18 bits per heavy atom. The molecule has 4 rings (SSSR count). The SMILES string of the molecule is CCN1C(C(=O)C2CCCCC2)=C(OC(=O)CN2C(=O)CCC2=O)C2CCCCC2S1(=O)=O. The van der Waals surface area contributed by atoms with Gasteiger partial charge >= 0.3 is 5.97 Å². The fourth-order valence-electron chi connectivity index (χ4n) is 5.69. The zero-order valence-corrected chi connectivity index (χ0v) is 19.9. The van der Waals surface area contributed by atoms with Crippen molar-refractivity contribution in [2.24, 2.45) is 11.8 Å². The average Bonchev–Trinajstić information content (AvgIpc) is 3.12. The summed E-state index contributed by atoms with van der Waals surface area (Å²) >= 11 is 0. The van der Waals surface area contributed by atoms with Crippen LogP contribution in [0.25, 0.3) is 0 Å². The van der Waals surface area contributed by atoms with Crippen molar-refractivity contribution in [2.75, 3.05) is 13.1 Å². The molecule has 9 nitrogen and oxygen atoms in total. The number of carbonyl (C=O) groups excluding carboxylic acids is 4. The van der Waals surface area contributed by atoms with E-state index in [1.54, 1.807) is 6.92 Å². The van der Waals surface area contributed by atoms with Gasteiger partial charge in [0.05, 0.1) is 5.25 Å². The zero-order valence-electron chi connectivity index (χ0n) is 19.1. The zero-order chi connectivity index (χ0) is 23.8. The van der Waals surface area contributed by atoms with Crippen molar-refractivity contribution in [2.45, 2.75) is 82.8 Å². The van der Waals surface area contributed by atoms with Crippen LogP contribution in [0.3, 0.4) is 0 Å². The first-order valence-corrected chi connectivity index (χ1v) is 13.6. The standard InChI is InChI=1S/C23H32N2O7S/c1-2-25-21(22(29)15-8-4-3-5-9-15)23(16-10-6-7-11-17(16)33(25,30)31)32-20(28)14-24-18(26)12-13-19(24)27/h15-17H,2-14H2,1H3. The van der Waals surface area contributed by atoms with Gasteiger partial charge in [-0.15, -0.1) is 0 Å². The van der Waals surface area contributed by atoms with Gasteiger partial charge in [0.1, 0.15) is 18.0 Å². The molecule has 2 amide bonds. The van der Waals surface area contributed by atoms with Gasteiger partial charge in [-0.1, -0.05) is 32.1 Å². The summed E-state index contributed by atoms with van der Waals surface area (Å²) in [6, 6.07) is 0. The summed E-state index contributed by atoms with van der Waals surface area (Å²) in [6.07, 6.45) is 6.83. The third-order valence-corrected chi connectivity index (χ3v) is 9.76. The monoisotopic (exact) mass is 480 g/mol. The van der Waals surface area contributed by atoms with E-state index in [0.717, 1.165) is 41.3 Å². The molecule has 33 heavy (non-hydrogen) atoms. The Bertz CT molecular complexity index is 965. The number of esters is 1. The second kappa shape index (κ2) is 9.56. The van der Waals surface area contributed by atoms with Crippen LogP contribution >= 0.6 is 0 Å². The van der Waals surface area contributed by atoms with Crippen LogP contribution in [-0.2, 0) is 33.9 Å². The number of sulfonamides is 1. The van der Waals surface area contributed by atoms with Crippen LogP contribution in [0, 0.1) is 11.8 Å². The summed E-state index contributed by atoms with van der Waals surface area (Å²) in [5, 5.41) is -0.744. The molecular weight excluding hydrogens is 448 g/mol. The second-order valence-corrected chi connectivity index (χ2v) is 11.5. The lowest BCUT2D eigenvalue weighted by atomic mass is 9.82. The largest absolute Gasteiger partial charge is 0.427 e. The predicted molar refractivity (Wildman–Crippen MR) is 118 cm³/mol. The van der Waals surface area contributed by atoms with Gasteiger partial charge in [-0.2, -0.15) is 0 Å². The molecule has 0 radical (unpaired) electrons. The fourth-order valence-corrected chi connectivity index (χ4v) is 7.95. The number of ketones is 1. The molecule has 2 atom stereocenters. The highest BCUT2D eigenvalue weighted by Gasteiger charge is 2.51. The van der Waals surface area contributed by atoms with E-state index in [9.17, 15) is 27.6 Å². The van der Waals surface area contributed by atoms with Crippen LogP contribution < -0.4 is 0 Å². The summed E-state index contributed by atoms with van der Waals surface area (Å²) in [7, 11) is -3.77. The number of likely N-dealkylation sites (tertiary alicyclic amines) is 1. The Kier molecular flexibility index (Phi) is 6.93. The molecule has 0 spiro atoms. The van der Waals surface area contributed by atoms with Crippen molar-refractivity contribution in [3.05, 3.63) is 11.5 Å². The molecule has 2 heterocycles. The highest BCUT2D eigenvalue weighted by molar-refractivity contribution is 7.90. The molecule has 1 saturated heterocycles. The normalized spacial score (nSPS) is 28.2. The fraction of sp³-hybridized carbons (Fsp3) is 0.739. The minimum atomic E-state index is -3.77. The summed E-state index contributed by atoms with van der Waals surface area (Å²) in [4.78, 5) is 51.3. The van der Waals surface area contributed by atoms with Crippen LogP contribution in [0.15, 0.2) is 11.5 Å². The molecule has 2 saturated carbocycles. The van der Waals surface area contributed by atoms with Crippen LogP contribution in [-0.4, -0.2) is 59.5 Å². The van der Waals surface area contributed by atoms with E-state index in [-0.39, 0.29) is 42.5 Å². The number of rotatable bonds is 6. The molecule has 0 aromatic rings. The maximum atomic E-state index is 13.7. The topological polar surface area (TPSA) is 118 Å². The average molecular weight is 481 g/mol. The van der Waals surface area contributed by atoms with Gasteiger partial charge in [0, 0.05) is 31.2 Å². The minimum absolute atomic E-state index is 0.0139. The van der Waals surface area contributed by atoms with E-state index in [1.165, 1.54) is 0 Å². The van der Waals surface area contributed by atoms with Crippen molar-refractivity contribution in [3.63, 3.8) is 0 Å². The van der Waals surface area contributed by atoms with Crippen LogP contribution in [0.5, 0.6) is 0 Å². The van der Waals surface area contributed by atoms with Gasteiger partial charge in [-0.05, 0) is 32.6 Å². The third kappa shape index (κ3) is 4.46. The van der Waals surface area contributed by atoms with Gasteiger partial charge in [0.25, 0.3) is 0 Å². The van der Waals surface area contributed by atoms with Gasteiger partial charge in [0.2, 0.25) is 21.8 Å². The second-order valence-electron chi connectivity index (χ2n) is 9.40. The first-order chi connectivity index (χ1) is 15.8. The minimum Gasteiger partial charge on any atom is -0.427 e. The maximum Gasteiger partial charge on any atom is 0.331 e. The molecule has 3 fully saturated rings. The number of allylic oxidation sites excluding steroid dienone is 2. The van der Waals surface area contributed by atoms with Crippen molar-refractivity contribution in [1.29, 1.82) is 0 Å². The van der Waals surface area contributed by atoms with Crippen LogP contribution in [0.2, 0.25) is 0 Å². The maximum absolute atomic E-state index is 13.7. The van der Waals surface area contributed by atoms with Crippen molar-refractivity contribution in [3.8, 4) is 0 Å². The third-order valence-electron chi connectivity index (χ3n) is 7.37. The number of carbonyl (C=O) groups is 4. The number of fused-ring (bicyclic) bond motifs is 1. The molecule has 0 N–H and O–H groups in total. The molecule has 0 aromatic heterocycles. The molecule has 2 aliphatic carbocycles. The first-order valence-electron chi connectivity index (χ1n) is 12.1. The number of imide groups is 1. The van der Waals surface area contributed by atoms with Crippen molar-refractivity contribution < 1.29 is 32.3 Å². The summed E-state index contributed by atoms with van der Waals surface area (Å²) in [6.45, 7) is 1.22. The Hall–Kier alpha value is -2.23. The van der Waals surface area contributed by atoms with E-state index in [0.29, 0.717) is 25.7 Å². The smallest absolute Gasteiger partial charge is 0.331 e. The first kappa shape index (κ1) is 23.9. The lowest BCUT2D eigenvalue weighted by Crippen LogP contribution is -2.51. The molecule has 2 unspecified atom stereocenters. The van der Waals surface area contributed by atoms with E-state index >= 15 is 0 Å². The van der Waals surface area contributed by atoms with E-state index in [2.05, 4.69) is 0 Å². The number of ether oxygens (including phenoxy) is 1. The molecule has 4 aliphatic rings. The molecule has 0 aromatic carbocycles. The molecule has 2 aliphatic heterocycles.